The van der Waals surface area contributed by atoms with Crippen LogP contribution in [0.25, 0.3) is 0 Å². The van der Waals surface area contributed by atoms with Gasteiger partial charge in [-0.2, -0.15) is 0 Å². The summed E-state index contributed by atoms with van der Waals surface area (Å²) in [6.45, 7) is 0.484. The molecule has 3 nitrogen and oxygen atoms in total. The van der Waals surface area contributed by atoms with Crippen LogP contribution in [0.4, 0.5) is 0 Å². The van der Waals surface area contributed by atoms with E-state index in [0.717, 1.165) is 28.4 Å². The van der Waals surface area contributed by atoms with Crippen molar-refractivity contribution >= 4 is 0 Å². The van der Waals surface area contributed by atoms with Gasteiger partial charge in [0.2, 0.25) is 0 Å². The number of benzene rings is 2. The SMILES string of the molecule is O[C@H]1c2ccccc2OC[C@@H]1c1cccc2c1O2. The molecule has 0 saturated carbocycles. The first-order valence-corrected chi connectivity index (χ1v) is 6.05. The molecule has 2 heterocycles. The Kier molecular flexibility index (Phi) is 1.94. The van der Waals surface area contributed by atoms with E-state index in [1.165, 1.54) is 0 Å². The van der Waals surface area contributed by atoms with E-state index in [0.29, 0.717) is 6.61 Å². The van der Waals surface area contributed by atoms with Gasteiger partial charge >= 0.3 is 0 Å². The number of hydrogen-bond donors (Lipinski definition) is 1. The summed E-state index contributed by atoms with van der Waals surface area (Å²) in [6, 6.07) is 13.5. The molecule has 4 rings (SSSR count). The molecule has 0 unspecified atom stereocenters. The van der Waals surface area contributed by atoms with Crippen LogP contribution in [-0.2, 0) is 0 Å². The van der Waals surface area contributed by atoms with Crippen LogP contribution in [0.2, 0.25) is 0 Å². The van der Waals surface area contributed by atoms with Gasteiger partial charge in [-0.3, -0.25) is 0 Å². The molecule has 3 heteroatoms. The molecule has 0 aromatic heterocycles. The molecule has 0 saturated heterocycles. The second kappa shape index (κ2) is 3.50. The Labute approximate surface area is 105 Å². The van der Waals surface area contributed by atoms with Crippen LogP contribution < -0.4 is 9.47 Å². The van der Waals surface area contributed by atoms with Crippen molar-refractivity contribution in [3.63, 3.8) is 0 Å². The maximum Gasteiger partial charge on any atom is 0.173 e. The molecule has 90 valence electrons. The van der Waals surface area contributed by atoms with E-state index in [9.17, 15) is 5.11 Å². The van der Waals surface area contributed by atoms with Gasteiger partial charge in [-0.05, 0) is 12.1 Å². The Morgan fingerprint density at radius 3 is 2.67 bits per heavy atom. The Bertz CT molecular complexity index is 621. The highest BCUT2D eigenvalue weighted by atomic mass is 16.6. The molecule has 1 N–H and O–H groups in total. The van der Waals surface area contributed by atoms with Crippen LogP contribution in [0.5, 0.6) is 17.2 Å². The summed E-state index contributed by atoms with van der Waals surface area (Å²) >= 11 is 0. The molecule has 0 spiro atoms. The van der Waals surface area contributed by atoms with Crippen LogP contribution >= 0.6 is 0 Å². The van der Waals surface area contributed by atoms with Crippen molar-refractivity contribution in [2.75, 3.05) is 6.61 Å². The fraction of sp³-hybridized carbons (Fsp3) is 0.200. The third kappa shape index (κ3) is 1.34. The van der Waals surface area contributed by atoms with Gasteiger partial charge in [0.25, 0.3) is 0 Å². The van der Waals surface area contributed by atoms with Crippen LogP contribution in [-0.4, -0.2) is 11.7 Å². The lowest BCUT2D eigenvalue weighted by Crippen LogP contribution is -2.23. The van der Waals surface area contributed by atoms with Gasteiger partial charge in [0.1, 0.15) is 5.75 Å². The van der Waals surface area contributed by atoms with Crippen LogP contribution in [0, 0.1) is 0 Å². The Morgan fingerprint density at radius 2 is 1.72 bits per heavy atom. The largest absolute Gasteiger partial charge is 0.492 e. The smallest absolute Gasteiger partial charge is 0.173 e. The predicted molar refractivity (Wildman–Crippen MR) is 66.2 cm³/mol. The molecule has 0 bridgehead atoms. The van der Waals surface area contributed by atoms with Gasteiger partial charge < -0.3 is 14.6 Å². The zero-order chi connectivity index (χ0) is 12.1. The molecule has 0 radical (unpaired) electrons. The monoisotopic (exact) mass is 240 g/mol. The molecular formula is C15H12O3. The second-order valence-corrected chi connectivity index (χ2v) is 4.68. The van der Waals surface area contributed by atoms with Crippen molar-refractivity contribution in [2.24, 2.45) is 0 Å². The lowest BCUT2D eigenvalue weighted by atomic mass is 9.87. The molecule has 0 fully saturated rings. The van der Waals surface area contributed by atoms with Crippen molar-refractivity contribution in [2.45, 2.75) is 12.0 Å². The van der Waals surface area contributed by atoms with Gasteiger partial charge in [-0.25, -0.2) is 0 Å². The average molecular weight is 240 g/mol. The fourth-order valence-electron chi connectivity index (χ4n) is 2.61. The molecule has 2 aromatic carbocycles. The van der Waals surface area contributed by atoms with Gasteiger partial charge in [0.15, 0.2) is 11.5 Å². The number of fused-ring (bicyclic) bond motifs is 2. The zero-order valence-electron chi connectivity index (χ0n) is 9.67. The number of hydrogen-bond acceptors (Lipinski definition) is 3. The summed E-state index contributed by atoms with van der Waals surface area (Å²) in [5, 5.41) is 10.5. The standard InChI is InChI=1S/C15H12O3/c16-14-10-4-1-2-6-12(10)17-8-11(14)9-5-3-7-13-15(9)18-13/h1-7,11,14,16H,8H2/t11-,14+/m1/s1. The van der Waals surface area contributed by atoms with Gasteiger partial charge in [0, 0.05) is 11.1 Å². The first-order valence-electron chi connectivity index (χ1n) is 6.05. The quantitative estimate of drug-likeness (QED) is 0.665. The topological polar surface area (TPSA) is 42.0 Å². The highest BCUT2D eigenvalue weighted by Gasteiger charge is 2.36. The predicted octanol–water partition coefficient (Wildman–Crippen LogP) is 3.00. The van der Waals surface area contributed by atoms with Crippen molar-refractivity contribution in [1.29, 1.82) is 0 Å². The molecule has 0 amide bonds. The lowest BCUT2D eigenvalue weighted by Gasteiger charge is -2.30. The summed E-state index contributed by atoms with van der Waals surface area (Å²) in [5.41, 5.74) is 1.89. The van der Waals surface area contributed by atoms with E-state index in [-0.39, 0.29) is 5.92 Å². The number of para-hydroxylation sites is 2. The van der Waals surface area contributed by atoms with E-state index < -0.39 is 6.10 Å². The molecule has 2 aromatic rings. The Hall–Kier alpha value is -2.00. The van der Waals surface area contributed by atoms with Gasteiger partial charge in [-0.1, -0.05) is 30.3 Å². The molecular weight excluding hydrogens is 228 g/mol. The minimum absolute atomic E-state index is 0.0580. The molecule has 18 heavy (non-hydrogen) atoms. The molecule has 2 aliphatic rings. The fourth-order valence-corrected chi connectivity index (χ4v) is 2.61. The van der Waals surface area contributed by atoms with Crippen molar-refractivity contribution in [3.05, 3.63) is 53.6 Å². The molecule has 0 aliphatic carbocycles. The highest BCUT2D eigenvalue weighted by molar-refractivity contribution is 5.61. The number of aliphatic hydroxyl groups is 1. The third-order valence-electron chi connectivity index (χ3n) is 3.62. The van der Waals surface area contributed by atoms with E-state index in [2.05, 4.69) is 0 Å². The third-order valence-corrected chi connectivity index (χ3v) is 3.62. The van der Waals surface area contributed by atoms with Crippen molar-refractivity contribution in [3.8, 4) is 17.2 Å². The number of ether oxygens (including phenoxy) is 2. The molecule has 2 atom stereocenters. The second-order valence-electron chi connectivity index (χ2n) is 4.68. The molecule has 2 aliphatic heterocycles. The van der Waals surface area contributed by atoms with E-state index in [4.69, 9.17) is 9.47 Å². The van der Waals surface area contributed by atoms with Crippen molar-refractivity contribution in [1.82, 2.24) is 0 Å². The Balaban J connectivity index is 1.76. The van der Waals surface area contributed by atoms with E-state index >= 15 is 0 Å². The number of aliphatic hydroxyl groups excluding tert-OH is 1. The highest BCUT2D eigenvalue weighted by Crippen LogP contribution is 2.53. The van der Waals surface area contributed by atoms with Crippen molar-refractivity contribution < 1.29 is 14.6 Å². The first-order chi connectivity index (χ1) is 8.84. The van der Waals surface area contributed by atoms with E-state index in [1.807, 2.05) is 42.5 Å². The van der Waals surface area contributed by atoms with Crippen LogP contribution in [0.15, 0.2) is 42.5 Å². The summed E-state index contributed by atoms with van der Waals surface area (Å²) in [5.74, 6) is 2.54. The summed E-state index contributed by atoms with van der Waals surface area (Å²) < 4.78 is 11.1. The van der Waals surface area contributed by atoms with Crippen LogP contribution in [0.1, 0.15) is 23.1 Å². The maximum absolute atomic E-state index is 10.5. The summed E-state index contributed by atoms with van der Waals surface area (Å²) in [4.78, 5) is 0. The van der Waals surface area contributed by atoms with Gasteiger partial charge in [0.05, 0.1) is 18.6 Å². The number of rotatable bonds is 1. The lowest BCUT2D eigenvalue weighted by molar-refractivity contribution is 0.0888. The normalized spacial score (nSPS) is 23.4. The minimum Gasteiger partial charge on any atom is -0.492 e. The average Bonchev–Trinajstić information content (AvgIpc) is 3.19. The zero-order valence-corrected chi connectivity index (χ0v) is 9.67. The van der Waals surface area contributed by atoms with E-state index in [1.54, 1.807) is 0 Å². The Morgan fingerprint density at radius 1 is 0.944 bits per heavy atom. The van der Waals surface area contributed by atoms with Crippen LogP contribution in [0.3, 0.4) is 0 Å². The van der Waals surface area contributed by atoms with Gasteiger partial charge in [-0.15, -0.1) is 0 Å². The first kappa shape index (κ1) is 9.97. The minimum atomic E-state index is -0.536. The maximum atomic E-state index is 10.5. The summed E-state index contributed by atoms with van der Waals surface area (Å²) in [6.07, 6.45) is -0.536. The summed E-state index contributed by atoms with van der Waals surface area (Å²) in [7, 11) is 0.